The van der Waals surface area contributed by atoms with E-state index in [0.29, 0.717) is 9.21 Å². The van der Waals surface area contributed by atoms with Gasteiger partial charge in [0.1, 0.15) is 6.67 Å². The van der Waals surface area contributed by atoms with Gasteiger partial charge < -0.3 is 10.4 Å². The van der Waals surface area contributed by atoms with Crippen molar-refractivity contribution in [3.05, 3.63) is 21.3 Å². The van der Waals surface area contributed by atoms with E-state index in [9.17, 15) is 14.0 Å². The van der Waals surface area contributed by atoms with Crippen LogP contribution in [0.4, 0.5) is 4.39 Å². The van der Waals surface area contributed by atoms with Gasteiger partial charge in [-0.1, -0.05) is 11.6 Å². The van der Waals surface area contributed by atoms with Gasteiger partial charge in [0.05, 0.1) is 10.3 Å². The number of amides is 1. The molecule has 4 nitrogen and oxygen atoms in total. The molecule has 0 bridgehead atoms. The average molecular weight is 280 g/mol. The summed E-state index contributed by atoms with van der Waals surface area (Å²) < 4.78 is 12.9. The summed E-state index contributed by atoms with van der Waals surface area (Å²) in [6, 6.07) is 1.83. The van der Waals surface area contributed by atoms with Crippen molar-refractivity contribution in [2.24, 2.45) is 0 Å². The Labute approximate surface area is 106 Å². The number of alkyl halides is 1. The van der Waals surface area contributed by atoms with Gasteiger partial charge in [0.15, 0.2) is 6.04 Å². The lowest BCUT2D eigenvalue weighted by molar-refractivity contribution is -0.142. The van der Waals surface area contributed by atoms with Gasteiger partial charge in [-0.25, -0.2) is 9.18 Å². The highest BCUT2D eigenvalue weighted by Crippen LogP contribution is 2.28. The lowest BCUT2D eigenvalue weighted by atomic mass is 10.1. The summed E-state index contributed by atoms with van der Waals surface area (Å²) in [6.07, 6.45) is 0. The summed E-state index contributed by atoms with van der Waals surface area (Å²) in [7, 11) is 0. The van der Waals surface area contributed by atoms with Crippen LogP contribution in [0.25, 0.3) is 0 Å². The van der Waals surface area contributed by atoms with E-state index < -0.39 is 30.5 Å². The molecule has 0 aliphatic heterocycles. The molecule has 0 radical (unpaired) electrons. The molecule has 17 heavy (non-hydrogen) atoms. The Hall–Kier alpha value is -1.14. The molecule has 1 aromatic heterocycles. The molecule has 0 spiro atoms. The van der Waals surface area contributed by atoms with Crippen molar-refractivity contribution in [1.82, 2.24) is 5.32 Å². The van der Waals surface area contributed by atoms with Crippen molar-refractivity contribution < 1.29 is 19.1 Å². The third-order valence-electron chi connectivity index (χ3n) is 2.18. The highest BCUT2D eigenvalue weighted by Gasteiger charge is 2.24. The fraction of sp³-hybridized carbons (Fsp3) is 0.400. The van der Waals surface area contributed by atoms with Crippen molar-refractivity contribution in [3.63, 3.8) is 0 Å². The quantitative estimate of drug-likeness (QED) is 0.867. The number of hydrogen-bond acceptors (Lipinski definition) is 3. The maximum absolute atomic E-state index is 12.3. The molecule has 0 aromatic carbocycles. The lowest BCUT2D eigenvalue weighted by Crippen LogP contribution is -2.43. The molecule has 2 N–H and O–H groups in total. The molecule has 0 aliphatic carbocycles. The van der Waals surface area contributed by atoms with Gasteiger partial charge in [-0.05, 0) is 19.1 Å². The predicted molar refractivity (Wildman–Crippen MR) is 63.3 cm³/mol. The second kappa shape index (κ2) is 5.97. The van der Waals surface area contributed by atoms with Crippen molar-refractivity contribution in [2.45, 2.75) is 18.9 Å². The van der Waals surface area contributed by atoms with E-state index >= 15 is 0 Å². The Morgan fingerprint density at radius 1 is 1.59 bits per heavy atom. The fourth-order valence-corrected chi connectivity index (χ4v) is 2.26. The maximum Gasteiger partial charge on any atom is 0.328 e. The van der Waals surface area contributed by atoms with Crippen molar-refractivity contribution in [3.8, 4) is 0 Å². The zero-order chi connectivity index (χ0) is 13.0. The van der Waals surface area contributed by atoms with Crippen LogP contribution in [0.15, 0.2) is 12.1 Å². The largest absolute Gasteiger partial charge is 0.480 e. The molecule has 0 saturated heterocycles. The maximum atomic E-state index is 12.3. The molecular weight excluding hydrogens is 269 g/mol. The van der Waals surface area contributed by atoms with Crippen molar-refractivity contribution in [1.29, 1.82) is 0 Å². The number of rotatable bonds is 5. The third-order valence-corrected chi connectivity index (χ3v) is 3.60. The molecule has 0 aliphatic rings. The van der Waals surface area contributed by atoms with Crippen LogP contribution in [0.2, 0.25) is 4.34 Å². The summed E-state index contributed by atoms with van der Waals surface area (Å²) >= 11 is 6.96. The fourth-order valence-electron chi connectivity index (χ4n) is 1.15. The second-order valence-corrected chi connectivity index (χ2v) is 5.16. The molecule has 0 saturated carbocycles. The van der Waals surface area contributed by atoms with Crippen molar-refractivity contribution >= 4 is 34.8 Å². The minimum Gasteiger partial charge on any atom is -0.480 e. The van der Waals surface area contributed by atoms with Crippen molar-refractivity contribution in [2.75, 3.05) is 6.67 Å². The van der Waals surface area contributed by atoms with Gasteiger partial charge in [0.2, 0.25) is 5.91 Å². The van der Waals surface area contributed by atoms with Crippen LogP contribution in [0.5, 0.6) is 0 Å². The first-order chi connectivity index (χ1) is 7.95. The van der Waals surface area contributed by atoms with Crippen LogP contribution in [0.1, 0.15) is 17.7 Å². The predicted octanol–water partition coefficient (Wildman–Crippen LogP) is 2.04. The summed E-state index contributed by atoms with van der Waals surface area (Å²) in [4.78, 5) is 22.9. The van der Waals surface area contributed by atoms with Crippen LogP contribution in [-0.2, 0) is 9.59 Å². The number of nitrogens with one attached hydrogen (secondary N) is 1. The first-order valence-electron chi connectivity index (χ1n) is 4.80. The highest BCUT2D eigenvalue weighted by molar-refractivity contribution is 7.16. The van der Waals surface area contributed by atoms with Gasteiger partial charge in [0.25, 0.3) is 0 Å². The number of carboxylic acids is 1. The molecule has 2 unspecified atom stereocenters. The molecule has 0 fully saturated rings. The SMILES string of the molecule is CC(C(=O)NC(CF)C(=O)O)c1ccc(Cl)s1. The van der Waals surface area contributed by atoms with Gasteiger partial charge in [0, 0.05) is 4.88 Å². The summed E-state index contributed by atoms with van der Waals surface area (Å²) in [5.41, 5.74) is 0. The van der Waals surface area contributed by atoms with E-state index in [2.05, 4.69) is 5.32 Å². The summed E-state index contributed by atoms with van der Waals surface area (Å²) in [6.45, 7) is 0.466. The number of carboxylic acid groups (broad SMARTS) is 1. The lowest BCUT2D eigenvalue weighted by Gasteiger charge is -2.14. The zero-order valence-electron chi connectivity index (χ0n) is 8.94. The molecule has 1 aromatic rings. The van der Waals surface area contributed by atoms with Gasteiger partial charge in [-0.3, -0.25) is 4.79 Å². The Morgan fingerprint density at radius 2 is 2.24 bits per heavy atom. The second-order valence-electron chi connectivity index (χ2n) is 3.42. The Morgan fingerprint density at radius 3 is 2.65 bits per heavy atom. The van der Waals surface area contributed by atoms with Gasteiger partial charge in [-0.15, -0.1) is 11.3 Å². The minimum absolute atomic E-state index is 0.534. The molecule has 1 amide bonds. The topological polar surface area (TPSA) is 66.4 Å². The first-order valence-corrected chi connectivity index (χ1v) is 5.99. The number of halogens is 2. The number of carbonyl (C=O) groups is 2. The van der Waals surface area contributed by atoms with Crippen LogP contribution in [0.3, 0.4) is 0 Å². The number of thiophene rings is 1. The first kappa shape index (κ1) is 13.9. The van der Waals surface area contributed by atoms with Crippen LogP contribution in [-0.4, -0.2) is 29.7 Å². The average Bonchev–Trinajstić information content (AvgIpc) is 2.70. The highest BCUT2D eigenvalue weighted by atomic mass is 35.5. The standard InChI is InChI=1S/C10H11ClFNO3S/c1-5(7-2-3-8(11)17-7)9(14)13-6(4-12)10(15)16/h2-3,5-6H,4H2,1H3,(H,13,14)(H,15,16). The van der Waals surface area contributed by atoms with E-state index in [0.717, 1.165) is 0 Å². The molecular formula is C10H11ClFNO3S. The molecule has 7 heteroatoms. The zero-order valence-corrected chi connectivity index (χ0v) is 10.5. The summed E-state index contributed by atoms with van der Waals surface area (Å²) in [5, 5.41) is 10.7. The van der Waals surface area contributed by atoms with Gasteiger partial charge >= 0.3 is 5.97 Å². The molecule has 1 rings (SSSR count). The van der Waals surface area contributed by atoms with E-state index in [1.54, 1.807) is 19.1 Å². The van der Waals surface area contributed by atoms with E-state index in [1.165, 1.54) is 11.3 Å². The Balaban J connectivity index is 2.67. The van der Waals surface area contributed by atoms with Crippen LogP contribution < -0.4 is 5.32 Å². The van der Waals surface area contributed by atoms with E-state index in [1.807, 2.05) is 0 Å². The Bertz CT molecular complexity index is 423. The van der Waals surface area contributed by atoms with E-state index in [-0.39, 0.29) is 0 Å². The van der Waals surface area contributed by atoms with E-state index in [4.69, 9.17) is 16.7 Å². The minimum atomic E-state index is -1.50. The number of hydrogen-bond donors (Lipinski definition) is 2. The van der Waals surface area contributed by atoms with Crippen LogP contribution in [0, 0.1) is 0 Å². The monoisotopic (exact) mass is 279 g/mol. The Kier molecular flexibility index (Phi) is 4.89. The molecule has 1 heterocycles. The summed E-state index contributed by atoms with van der Waals surface area (Å²) in [5.74, 6) is -2.48. The number of carbonyl (C=O) groups excluding carboxylic acids is 1. The molecule has 94 valence electrons. The molecule has 2 atom stereocenters. The van der Waals surface area contributed by atoms with Crippen LogP contribution >= 0.6 is 22.9 Å². The van der Waals surface area contributed by atoms with Gasteiger partial charge in [-0.2, -0.15) is 0 Å². The normalized spacial score (nSPS) is 14.1. The third kappa shape index (κ3) is 3.67. The number of aliphatic carboxylic acids is 1. The smallest absolute Gasteiger partial charge is 0.328 e.